The number of para-hydroxylation sites is 1. The Morgan fingerprint density at radius 2 is 1.57 bits per heavy atom. The lowest BCUT2D eigenvalue weighted by atomic mass is 10.1. The van der Waals surface area contributed by atoms with E-state index in [0.717, 1.165) is 10.4 Å². The third-order valence-corrected chi connectivity index (χ3v) is 7.93. The summed E-state index contributed by atoms with van der Waals surface area (Å²) in [4.78, 5) is 12.4. The van der Waals surface area contributed by atoms with Crippen molar-refractivity contribution in [1.29, 1.82) is 0 Å². The topological polar surface area (TPSA) is 113 Å². The molecule has 0 aliphatic heterocycles. The smallest absolute Gasteiger partial charge is 0.255 e. The molecule has 0 heterocycles. The number of rotatable bonds is 6. The van der Waals surface area contributed by atoms with Crippen LogP contribution in [0, 0.1) is 0 Å². The van der Waals surface area contributed by atoms with Gasteiger partial charge in [-0.2, -0.15) is 0 Å². The number of hydrogen-bond acceptors (Lipinski definition) is 5. The van der Waals surface area contributed by atoms with Gasteiger partial charge in [0.05, 0.1) is 10.7 Å². The Labute approximate surface area is 182 Å². The number of anilines is 1. The molecule has 2 N–H and O–H groups in total. The second-order valence-corrected chi connectivity index (χ2v) is 11.9. The molecule has 11 heteroatoms. The number of carbonyl (C=O) groups is 1. The van der Waals surface area contributed by atoms with E-state index in [1.807, 2.05) is 0 Å². The molecule has 0 atom stereocenters. The lowest BCUT2D eigenvalue weighted by Gasteiger charge is -2.21. The largest absolute Gasteiger partial charge is 0.321 e. The van der Waals surface area contributed by atoms with E-state index in [0.29, 0.717) is 0 Å². The first-order chi connectivity index (χ1) is 13.6. The summed E-state index contributed by atoms with van der Waals surface area (Å²) < 4.78 is 53.8. The number of amides is 1. The monoisotopic (exact) mass is 473 g/mol. The molecule has 0 bridgehead atoms. The van der Waals surface area contributed by atoms with E-state index < -0.39 is 31.5 Å². The maximum absolute atomic E-state index is 12.8. The van der Waals surface area contributed by atoms with Gasteiger partial charge in [-0.25, -0.2) is 25.9 Å². The number of hydrogen-bond donors (Lipinski definition) is 2. The summed E-state index contributed by atoms with van der Waals surface area (Å²) in [6.07, 6.45) is 0. The van der Waals surface area contributed by atoms with Crippen molar-refractivity contribution >= 4 is 43.2 Å². The number of carbonyl (C=O) groups excluding carboxylic acids is 1. The van der Waals surface area contributed by atoms with Crippen molar-refractivity contribution in [2.24, 2.45) is 0 Å². The summed E-state index contributed by atoms with van der Waals surface area (Å²) in [6, 6.07) is 9.74. The first-order valence-corrected chi connectivity index (χ1v) is 12.1. The van der Waals surface area contributed by atoms with Gasteiger partial charge in [0.25, 0.3) is 5.91 Å². The van der Waals surface area contributed by atoms with Crippen LogP contribution in [0.15, 0.2) is 52.3 Å². The molecule has 0 aliphatic carbocycles. The highest BCUT2D eigenvalue weighted by molar-refractivity contribution is 7.89. The molecule has 0 saturated heterocycles. The van der Waals surface area contributed by atoms with Gasteiger partial charge in [0.1, 0.15) is 9.79 Å². The molecule has 8 nitrogen and oxygen atoms in total. The molecule has 0 spiro atoms. The molecule has 2 rings (SSSR count). The Kier molecular flexibility index (Phi) is 6.99. The zero-order valence-corrected chi connectivity index (χ0v) is 19.6. The van der Waals surface area contributed by atoms with Crippen LogP contribution in [0.3, 0.4) is 0 Å². The zero-order chi connectivity index (χ0) is 22.9. The predicted molar refractivity (Wildman–Crippen MR) is 117 cm³/mol. The van der Waals surface area contributed by atoms with Crippen LogP contribution in [-0.4, -0.2) is 46.7 Å². The van der Waals surface area contributed by atoms with Crippen molar-refractivity contribution < 1.29 is 21.6 Å². The van der Waals surface area contributed by atoms with Gasteiger partial charge in [-0.1, -0.05) is 23.7 Å². The average Bonchev–Trinajstić information content (AvgIpc) is 2.60. The Hall–Kier alpha value is -1.98. The molecular weight excluding hydrogens is 450 g/mol. The van der Waals surface area contributed by atoms with Gasteiger partial charge in [0.2, 0.25) is 20.0 Å². The van der Waals surface area contributed by atoms with Crippen LogP contribution in [0.25, 0.3) is 0 Å². The number of benzene rings is 2. The third kappa shape index (κ3) is 5.58. The minimum atomic E-state index is -3.98. The van der Waals surface area contributed by atoms with E-state index >= 15 is 0 Å². The van der Waals surface area contributed by atoms with E-state index in [2.05, 4.69) is 10.0 Å². The summed E-state index contributed by atoms with van der Waals surface area (Å²) in [7, 11) is -5.02. The second kappa shape index (κ2) is 8.64. The first-order valence-electron chi connectivity index (χ1n) is 8.81. The molecule has 1 amide bonds. The van der Waals surface area contributed by atoms with Gasteiger partial charge >= 0.3 is 0 Å². The Morgan fingerprint density at radius 3 is 2.13 bits per heavy atom. The summed E-state index contributed by atoms with van der Waals surface area (Å²) in [5.74, 6) is -0.680. The van der Waals surface area contributed by atoms with Crippen LogP contribution in [-0.2, 0) is 20.0 Å². The minimum Gasteiger partial charge on any atom is -0.321 e. The molecule has 0 aromatic heterocycles. The quantitative estimate of drug-likeness (QED) is 0.669. The van der Waals surface area contributed by atoms with Crippen LogP contribution >= 0.6 is 11.6 Å². The lowest BCUT2D eigenvalue weighted by Crippen LogP contribution is -2.40. The van der Waals surface area contributed by atoms with Crippen molar-refractivity contribution in [1.82, 2.24) is 9.03 Å². The highest BCUT2D eigenvalue weighted by atomic mass is 35.5. The van der Waals surface area contributed by atoms with E-state index in [4.69, 9.17) is 11.6 Å². The van der Waals surface area contributed by atoms with Gasteiger partial charge in [-0.3, -0.25) is 4.79 Å². The number of halogens is 1. The zero-order valence-electron chi connectivity index (χ0n) is 17.2. The van der Waals surface area contributed by atoms with Crippen molar-refractivity contribution in [3.05, 3.63) is 53.1 Å². The maximum atomic E-state index is 12.8. The third-order valence-electron chi connectivity index (χ3n) is 3.82. The summed E-state index contributed by atoms with van der Waals surface area (Å²) in [5, 5.41) is 2.49. The van der Waals surface area contributed by atoms with Crippen LogP contribution in [0.1, 0.15) is 31.1 Å². The number of nitrogens with one attached hydrogen (secondary N) is 2. The van der Waals surface area contributed by atoms with Crippen molar-refractivity contribution in [2.75, 3.05) is 19.4 Å². The molecule has 164 valence electrons. The molecule has 2 aromatic carbocycles. The predicted octanol–water partition coefficient (Wildman–Crippen LogP) is 2.92. The fraction of sp³-hybridized carbons (Fsp3) is 0.316. The second-order valence-electron chi connectivity index (χ2n) is 7.74. The Morgan fingerprint density at radius 1 is 0.967 bits per heavy atom. The van der Waals surface area contributed by atoms with Crippen molar-refractivity contribution in [3.63, 3.8) is 0 Å². The van der Waals surface area contributed by atoms with Gasteiger partial charge in [-0.05, 0) is 51.1 Å². The van der Waals surface area contributed by atoms with Crippen molar-refractivity contribution in [3.8, 4) is 0 Å². The van der Waals surface area contributed by atoms with Crippen LogP contribution in [0.4, 0.5) is 5.69 Å². The fourth-order valence-electron chi connectivity index (χ4n) is 2.49. The van der Waals surface area contributed by atoms with E-state index in [9.17, 15) is 21.6 Å². The summed E-state index contributed by atoms with van der Waals surface area (Å²) in [5.41, 5.74) is -0.672. The van der Waals surface area contributed by atoms with Gasteiger partial charge in [0, 0.05) is 25.2 Å². The molecule has 30 heavy (non-hydrogen) atoms. The molecule has 0 fully saturated rings. The Balaban J connectivity index is 2.44. The number of nitrogens with zero attached hydrogens (tertiary/aromatic N) is 1. The highest BCUT2D eigenvalue weighted by Gasteiger charge is 2.26. The van der Waals surface area contributed by atoms with Crippen LogP contribution in [0.5, 0.6) is 0 Å². The molecule has 2 aromatic rings. The van der Waals surface area contributed by atoms with Gasteiger partial charge < -0.3 is 5.32 Å². The molecule has 0 radical (unpaired) electrons. The number of sulfonamides is 2. The SMILES string of the molecule is CN(C)S(=O)(=O)c1ccccc1NC(=O)c1ccc(Cl)c(S(=O)(=O)NC(C)(C)C)c1. The molecule has 0 saturated carbocycles. The van der Waals surface area contributed by atoms with E-state index in [1.165, 1.54) is 44.4 Å². The van der Waals surface area contributed by atoms with E-state index in [-0.39, 0.29) is 26.1 Å². The normalized spacial score (nSPS) is 12.8. The molecular formula is C19H24ClN3O5S2. The van der Waals surface area contributed by atoms with Gasteiger partial charge in [0.15, 0.2) is 0 Å². The summed E-state index contributed by atoms with van der Waals surface area (Å²) >= 11 is 6.06. The average molecular weight is 474 g/mol. The standard InChI is InChI=1S/C19H24ClN3O5S2/c1-19(2,3)22-29(25,26)17-12-13(10-11-14(17)20)18(24)21-15-8-6-7-9-16(15)30(27,28)23(4)5/h6-12,22H,1-5H3,(H,21,24). The molecule has 0 aliphatic rings. The first kappa shape index (κ1) is 24.3. The molecule has 0 unspecified atom stereocenters. The summed E-state index contributed by atoms with van der Waals surface area (Å²) in [6.45, 7) is 5.03. The fourth-order valence-corrected chi connectivity index (χ4v) is 5.48. The highest BCUT2D eigenvalue weighted by Crippen LogP contribution is 2.26. The van der Waals surface area contributed by atoms with Crippen LogP contribution in [0.2, 0.25) is 5.02 Å². The lowest BCUT2D eigenvalue weighted by molar-refractivity contribution is 0.102. The van der Waals surface area contributed by atoms with Crippen LogP contribution < -0.4 is 10.0 Å². The minimum absolute atomic E-state index is 0.00531. The maximum Gasteiger partial charge on any atom is 0.255 e. The van der Waals surface area contributed by atoms with Gasteiger partial charge in [-0.15, -0.1) is 0 Å². The van der Waals surface area contributed by atoms with Crippen molar-refractivity contribution in [2.45, 2.75) is 36.1 Å². The van der Waals surface area contributed by atoms with E-state index in [1.54, 1.807) is 26.8 Å². The Bertz CT molecular complexity index is 1170.